The van der Waals surface area contributed by atoms with Crippen LogP contribution in [0.5, 0.6) is 11.6 Å². The first-order chi connectivity index (χ1) is 13.5. The van der Waals surface area contributed by atoms with E-state index < -0.39 is 23.6 Å². The van der Waals surface area contributed by atoms with Crippen LogP contribution >= 0.6 is 0 Å². The van der Waals surface area contributed by atoms with Crippen LogP contribution in [0.4, 0.5) is 10.5 Å². The van der Waals surface area contributed by atoms with Gasteiger partial charge in [0, 0.05) is 11.6 Å². The van der Waals surface area contributed by atoms with Crippen molar-refractivity contribution in [1.82, 2.24) is 9.88 Å². The van der Waals surface area contributed by atoms with Crippen molar-refractivity contribution in [3.05, 3.63) is 48.2 Å². The lowest BCUT2D eigenvalue weighted by Gasteiger charge is -2.41. The average molecular weight is 398 g/mol. The highest BCUT2D eigenvalue weighted by Crippen LogP contribution is 2.25. The number of hydrogen-bond donors (Lipinski definition) is 1. The zero-order chi connectivity index (χ0) is 21.8. The van der Waals surface area contributed by atoms with Crippen LogP contribution in [0.1, 0.15) is 53.0 Å². The van der Waals surface area contributed by atoms with Gasteiger partial charge in [0.15, 0.2) is 0 Å². The van der Waals surface area contributed by atoms with E-state index in [0.717, 1.165) is 10.5 Å². The number of anilines is 1. The van der Waals surface area contributed by atoms with Crippen molar-refractivity contribution in [2.45, 2.75) is 59.0 Å². The number of carbonyl (C=O) groups excluding carboxylic acids is 2. The molecule has 0 spiro atoms. The summed E-state index contributed by atoms with van der Waals surface area (Å²) in [6.07, 6.45) is 0.0674. The molecule has 1 aromatic heterocycles. The molecule has 0 aliphatic carbocycles. The SMILES string of the molecule is CC(C)c1cccc(Oc2ccc(NC(=O)[C@@H](C)N(C(=O)[O-])C(C)(C)C)cn2)c1. The van der Waals surface area contributed by atoms with Crippen LogP contribution in [-0.4, -0.2) is 33.5 Å². The van der Waals surface area contributed by atoms with Crippen LogP contribution in [0.3, 0.4) is 0 Å². The Morgan fingerprint density at radius 3 is 2.34 bits per heavy atom. The lowest BCUT2D eigenvalue weighted by atomic mass is 10.0. The Morgan fingerprint density at radius 2 is 1.83 bits per heavy atom. The number of pyridine rings is 1. The molecular weight excluding hydrogens is 370 g/mol. The van der Waals surface area contributed by atoms with E-state index in [1.54, 1.807) is 32.9 Å². The summed E-state index contributed by atoms with van der Waals surface area (Å²) in [7, 11) is 0. The normalized spacial score (nSPS) is 12.4. The molecule has 1 aromatic carbocycles. The summed E-state index contributed by atoms with van der Waals surface area (Å²) in [5, 5.41) is 14.1. The van der Waals surface area contributed by atoms with Gasteiger partial charge >= 0.3 is 0 Å². The maximum Gasteiger partial charge on any atom is 0.246 e. The molecule has 2 aromatic rings. The van der Waals surface area contributed by atoms with Crippen molar-refractivity contribution < 1.29 is 19.4 Å². The van der Waals surface area contributed by atoms with Gasteiger partial charge in [0.1, 0.15) is 17.9 Å². The summed E-state index contributed by atoms with van der Waals surface area (Å²) in [6.45, 7) is 10.8. The molecule has 0 aliphatic rings. The quantitative estimate of drug-likeness (QED) is 0.799. The molecule has 0 saturated carbocycles. The van der Waals surface area contributed by atoms with Gasteiger partial charge in [-0.15, -0.1) is 0 Å². The van der Waals surface area contributed by atoms with Crippen molar-refractivity contribution in [3.8, 4) is 11.6 Å². The molecule has 0 bridgehead atoms. The first-order valence-corrected chi connectivity index (χ1v) is 9.54. The molecule has 2 rings (SSSR count). The molecule has 1 heterocycles. The van der Waals surface area contributed by atoms with Crippen molar-refractivity contribution in [2.75, 3.05) is 5.32 Å². The topological polar surface area (TPSA) is 94.6 Å². The second-order valence-corrected chi connectivity index (χ2v) is 8.19. The Labute approximate surface area is 171 Å². The summed E-state index contributed by atoms with van der Waals surface area (Å²) in [5.41, 5.74) is 0.838. The summed E-state index contributed by atoms with van der Waals surface area (Å²) in [6, 6.07) is 10.2. The molecule has 29 heavy (non-hydrogen) atoms. The van der Waals surface area contributed by atoms with E-state index >= 15 is 0 Å². The average Bonchev–Trinajstić information content (AvgIpc) is 2.62. The van der Waals surface area contributed by atoms with Crippen molar-refractivity contribution in [1.29, 1.82) is 0 Å². The molecule has 0 radical (unpaired) electrons. The number of carbonyl (C=O) groups is 2. The number of carboxylic acid groups (broad SMARTS) is 1. The number of rotatable bonds is 6. The molecule has 0 fully saturated rings. The molecule has 1 atom stereocenters. The molecular formula is C22H28N3O4-. The third-order valence-electron chi connectivity index (χ3n) is 4.44. The van der Waals surface area contributed by atoms with Gasteiger partial charge < -0.3 is 24.9 Å². The Morgan fingerprint density at radius 1 is 1.14 bits per heavy atom. The lowest BCUT2D eigenvalue weighted by Crippen LogP contribution is -2.58. The van der Waals surface area contributed by atoms with E-state index in [1.807, 2.05) is 24.3 Å². The van der Waals surface area contributed by atoms with E-state index in [0.29, 0.717) is 23.2 Å². The van der Waals surface area contributed by atoms with Gasteiger partial charge in [0.05, 0.1) is 11.9 Å². The van der Waals surface area contributed by atoms with Crippen molar-refractivity contribution >= 4 is 17.7 Å². The molecule has 2 amide bonds. The minimum Gasteiger partial charge on any atom is -0.530 e. The van der Waals surface area contributed by atoms with Crippen LogP contribution in [-0.2, 0) is 4.79 Å². The minimum atomic E-state index is -1.40. The van der Waals surface area contributed by atoms with E-state index in [1.165, 1.54) is 13.1 Å². The largest absolute Gasteiger partial charge is 0.530 e. The number of hydrogen-bond acceptors (Lipinski definition) is 5. The summed E-state index contributed by atoms with van der Waals surface area (Å²) >= 11 is 0. The fourth-order valence-corrected chi connectivity index (χ4v) is 2.95. The van der Waals surface area contributed by atoms with Gasteiger partial charge in [0.25, 0.3) is 0 Å². The van der Waals surface area contributed by atoms with E-state index in [-0.39, 0.29) is 0 Å². The second kappa shape index (κ2) is 8.94. The van der Waals surface area contributed by atoms with Crippen LogP contribution in [0.15, 0.2) is 42.6 Å². The van der Waals surface area contributed by atoms with Crippen LogP contribution in [0, 0.1) is 0 Å². The van der Waals surface area contributed by atoms with Gasteiger partial charge in [0.2, 0.25) is 11.8 Å². The maximum atomic E-state index is 12.5. The number of nitrogens with zero attached hydrogens (tertiary/aromatic N) is 2. The molecule has 7 nitrogen and oxygen atoms in total. The number of aromatic nitrogens is 1. The highest BCUT2D eigenvalue weighted by molar-refractivity contribution is 5.96. The van der Waals surface area contributed by atoms with Gasteiger partial charge in [-0.1, -0.05) is 26.0 Å². The monoisotopic (exact) mass is 398 g/mol. The Bertz CT molecular complexity index is 857. The van der Waals surface area contributed by atoms with Crippen molar-refractivity contribution in [3.63, 3.8) is 0 Å². The van der Waals surface area contributed by atoms with Crippen LogP contribution < -0.4 is 15.2 Å². The molecule has 0 saturated heterocycles. The van der Waals surface area contributed by atoms with E-state index in [4.69, 9.17) is 4.74 Å². The minimum absolute atomic E-state index is 0.389. The molecule has 156 valence electrons. The fraction of sp³-hybridized carbons (Fsp3) is 0.409. The Hall–Kier alpha value is -3.09. The number of ether oxygens (including phenoxy) is 1. The highest BCUT2D eigenvalue weighted by Gasteiger charge is 2.30. The molecule has 0 unspecified atom stereocenters. The van der Waals surface area contributed by atoms with Gasteiger partial charge in [-0.3, -0.25) is 4.79 Å². The van der Waals surface area contributed by atoms with Crippen molar-refractivity contribution in [2.24, 2.45) is 0 Å². The van der Waals surface area contributed by atoms with Crippen LogP contribution in [0.2, 0.25) is 0 Å². The van der Waals surface area contributed by atoms with Gasteiger partial charge in [-0.2, -0.15) is 0 Å². The van der Waals surface area contributed by atoms with Crippen LogP contribution in [0.25, 0.3) is 0 Å². The predicted octanol–water partition coefficient (Wildman–Crippen LogP) is 3.77. The standard InChI is InChI=1S/C22H29N3O4/c1-14(2)16-8-7-9-18(12-16)29-19-11-10-17(13-23-19)24-20(26)15(3)25(21(27)28)22(4,5)6/h7-15H,1-6H3,(H,24,26)(H,27,28)/p-1/t15-/m1/s1. The number of amides is 2. The molecule has 0 aliphatic heterocycles. The van der Waals surface area contributed by atoms with Gasteiger partial charge in [-0.05, 0) is 57.4 Å². The van der Waals surface area contributed by atoms with Gasteiger partial charge in [-0.25, -0.2) is 4.98 Å². The zero-order valence-corrected chi connectivity index (χ0v) is 17.7. The Kier molecular flexibility index (Phi) is 6.84. The second-order valence-electron chi connectivity index (χ2n) is 8.19. The smallest absolute Gasteiger partial charge is 0.246 e. The lowest BCUT2D eigenvalue weighted by molar-refractivity contribution is -0.272. The summed E-state index contributed by atoms with van der Waals surface area (Å²) < 4.78 is 5.77. The maximum absolute atomic E-state index is 12.5. The summed E-state index contributed by atoms with van der Waals surface area (Å²) in [4.78, 5) is 29.1. The zero-order valence-electron chi connectivity index (χ0n) is 17.7. The highest BCUT2D eigenvalue weighted by atomic mass is 16.5. The number of nitrogens with one attached hydrogen (secondary N) is 1. The molecule has 1 N–H and O–H groups in total. The van der Waals surface area contributed by atoms with E-state index in [9.17, 15) is 14.7 Å². The number of benzene rings is 1. The summed E-state index contributed by atoms with van der Waals surface area (Å²) in [5.74, 6) is 0.996. The van der Waals surface area contributed by atoms with E-state index in [2.05, 4.69) is 24.1 Å². The fourth-order valence-electron chi connectivity index (χ4n) is 2.95. The molecule has 7 heteroatoms. The predicted molar refractivity (Wildman–Crippen MR) is 110 cm³/mol. The third kappa shape index (κ3) is 5.94. The first-order valence-electron chi connectivity index (χ1n) is 9.54. The third-order valence-corrected chi connectivity index (χ3v) is 4.44. The Balaban J connectivity index is 2.06. The first kappa shape index (κ1) is 22.2.